The standard InChI is InChI=1S/C18H26N4O3/c1-2-24-17-5-7-18(8-6-17)25-12-16(23)11-21-9-3-4-15(21)10-22-14-19-13-20-22/h5-8,13-16,23H,2-4,9-12H2,1H3. The minimum Gasteiger partial charge on any atom is -0.494 e. The molecule has 0 amide bonds. The van der Waals surface area contributed by atoms with Crippen LogP contribution in [0.1, 0.15) is 19.8 Å². The maximum Gasteiger partial charge on any atom is 0.137 e. The first-order chi connectivity index (χ1) is 12.2. The maximum absolute atomic E-state index is 10.3. The Morgan fingerprint density at radius 2 is 2.00 bits per heavy atom. The second-order valence-electron chi connectivity index (χ2n) is 6.28. The van der Waals surface area contributed by atoms with E-state index in [0.717, 1.165) is 37.4 Å². The Bertz CT molecular complexity index is 618. The first-order valence-electron chi connectivity index (χ1n) is 8.84. The fraction of sp³-hybridized carbons (Fsp3) is 0.556. The lowest BCUT2D eigenvalue weighted by molar-refractivity contribution is 0.0609. The average Bonchev–Trinajstić information content (AvgIpc) is 3.28. The van der Waals surface area contributed by atoms with E-state index >= 15 is 0 Å². The molecule has 0 aliphatic carbocycles. The molecule has 1 aliphatic rings. The highest BCUT2D eigenvalue weighted by Crippen LogP contribution is 2.20. The summed E-state index contributed by atoms with van der Waals surface area (Å²) in [4.78, 5) is 6.30. The Morgan fingerprint density at radius 3 is 2.68 bits per heavy atom. The van der Waals surface area contributed by atoms with Crippen LogP contribution < -0.4 is 9.47 Å². The van der Waals surface area contributed by atoms with Gasteiger partial charge < -0.3 is 14.6 Å². The maximum atomic E-state index is 10.3. The lowest BCUT2D eigenvalue weighted by atomic mass is 10.2. The molecule has 1 aromatic carbocycles. The van der Waals surface area contributed by atoms with E-state index in [1.54, 1.807) is 12.7 Å². The molecule has 2 unspecified atom stereocenters. The number of likely N-dealkylation sites (tertiary alicyclic amines) is 1. The van der Waals surface area contributed by atoms with Crippen molar-refractivity contribution < 1.29 is 14.6 Å². The van der Waals surface area contributed by atoms with Gasteiger partial charge in [0.05, 0.1) is 13.2 Å². The first-order valence-corrected chi connectivity index (χ1v) is 8.84. The number of β-amino-alcohol motifs (C(OH)–C–C–N with tert-alkyl or cyclic N) is 1. The van der Waals surface area contributed by atoms with Crippen molar-refractivity contribution in [2.75, 3.05) is 26.3 Å². The van der Waals surface area contributed by atoms with Crippen molar-refractivity contribution in [1.29, 1.82) is 0 Å². The van der Waals surface area contributed by atoms with Gasteiger partial charge in [0.1, 0.15) is 36.9 Å². The summed E-state index contributed by atoms with van der Waals surface area (Å²) in [5, 5.41) is 14.5. The summed E-state index contributed by atoms with van der Waals surface area (Å²) in [5.74, 6) is 1.56. The van der Waals surface area contributed by atoms with E-state index in [9.17, 15) is 5.11 Å². The third-order valence-corrected chi connectivity index (χ3v) is 4.39. The lowest BCUT2D eigenvalue weighted by Crippen LogP contribution is -2.40. The number of nitrogens with zero attached hydrogens (tertiary/aromatic N) is 4. The number of benzene rings is 1. The van der Waals surface area contributed by atoms with Crippen LogP contribution in [0.25, 0.3) is 0 Å². The predicted molar refractivity (Wildman–Crippen MR) is 93.7 cm³/mol. The highest BCUT2D eigenvalue weighted by Gasteiger charge is 2.26. The van der Waals surface area contributed by atoms with E-state index in [0.29, 0.717) is 19.2 Å². The van der Waals surface area contributed by atoms with Gasteiger partial charge in [-0.2, -0.15) is 5.10 Å². The quantitative estimate of drug-likeness (QED) is 0.743. The number of ether oxygens (including phenoxy) is 2. The van der Waals surface area contributed by atoms with Gasteiger partial charge in [-0.15, -0.1) is 0 Å². The molecule has 0 saturated carbocycles. The predicted octanol–water partition coefficient (Wildman–Crippen LogP) is 1.58. The van der Waals surface area contributed by atoms with Crippen molar-refractivity contribution in [3.8, 4) is 11.5 Å². The van der Waals surface area contributed by atoms with Gasteiger partial charge in [-0.1, -0.05) is 0 Å². The molecule has 1 N–H and O–H groups in total. The molecular weight excluding hydrogens is 320 g/mol. The highest BCUT2D eigenvalue weighted by atomic mass is 16.5. The molecule has 25 heavy (non-hydrogen) atoms. The van der Waals surface area contributed by atoms with Gasteiger partial charge in [-0.25, -0.2) is 4.98 Å². The highest BCUT2D eigenvalue weighted by molar-refractivity contribution is 5.31. The minimum atomic E-state index is -0.525. The van der Waals surface area contributed by atoms with E-state index in [1.165, 1.54) is 0 Å². The van der Waals surface area contributed by atoms with Gasteiger partial charge >= 0.3 is 0 Å². The number of rotatable bonds is 9. The monoisotopic (exact) mass is 346 g/mol. The van der Waals surface area contributed by atoms with Crippen molar-refractivity contribution in [3.05, 3.63) is 36.9 Å². The summed E-state index contributed by atoms with van der Waals surface area (Å²) in [7, 11) is 0. The van der Waals surface area contributed by atoms with Gasteiger partial charge in [0.25, 0.3) is 0 Å². The van der Waals surface area contributed by atoms with Crippen molar-refractivity contribution in [2.24, 2.45) is 0 Å². The van der Waals surface area contributed by atoms with Crippen LogP contribution in [0.3, 0.4) is 0 Å². The fourth-order valence-electron chi connectivity index (χ4n) is 3.20. The van der Waals surface area contributed by atoms with Crippen LogP contribution in [-0.2, 0) is 6.54 Å². The number of aliphatic hydroxyl groups is 1. The molecule has 2 aromatic rings. The van der Waals surface area contributed by atoms with Crippen molar-refractivity contribution >= 4 is 0 Å². The summed E-state index contributed by atoms with van der Waals surface area (Å²) in [6.45, 7) is 5.29. The number of aliphatic hydroxyl groups excluding tert-OH is 1. The Morgan fingerprint density at radius 1 is 1.24 bits per heavy atom. The molecule has 136 valence electrons. The first kappa shape index (κ1) is 17.7. The van der Waals surface area contributed by atoms with Gasteiger partial charge in [0.15, 0.2) is 0 Å². The molecule has 2 heterocycles. The molecule has 0 bridgehead atoms. The molecule has 0 radical (unpaired) electrons. The van der Waals surface area contributed by atoms with Crippen LogP contribution >= 0.6 is 0 Å². The fourth-order valence-corrected chi connectivity index (χ4v) is 3.20. The van der Waals surface area contributed by atoms with Crippen LogP contribution in [0.15, 0.2) is 36.9 Å². The summed E-state index contributed by atoms with van der Waals surface area (Å²) < 4.78 is 13.0. The number of hydrogen-bond donors (Lipinski definition) is 1. The molecule has 7 heteroatoms. The third kappa shape index (κ3) is 5.17. The molecule has 1 aromatic heterocycles. The number of hydrogen-bond acceptors (Lipinski definition) is 6. The van der Waals surface area contributed by atoms with Crippen molar-refractivity contribution in [1.82, 2.24) is 19.7 Å². The van der Waals surface area contributed by atoms with Gasteiger partial charge in [-0.05, 0) is 50.6 Å². The van der Waals surface area contributed by atoms with E-state index in [2.05, 4.69) is 15.0 Å². The Labute approximate surface area is 148 Å². The van der Waals surface area contributed by atoms with Crippen LogP contribution in [0.2, 0.25) is 0 Å². The molecule has 1 aliphatic heterocycles. The zero-order chi connectivity index (χ0) is 17.5. The van der Waals surface area contributed by atoms with E-state index in [-0.39, 0.29) is 6.61 Å². The largest absolute Gasteiger partial charge is 0.494 e. The Balaban J connectivity index is 1.44. The van der Waals surface area contributed by atoms with E-state index in [1.807, 2.05) is 35.9 Å². The summed E-state index contributed by atoms with van der Waals surface area (Å²) in [6, 6.07) is 7.86. The molecule has 7 nitrogen and oxygen atoms in total. The summed E-state index contributed by atoms with van der Waals surface area (Å²) in [6.07, 6.45) is 5.03. The zero-order valence-electron chi connectivity index (χ0n) is 14.6. The summed E-state index contributed by atoms with van der Waals surface area (Å²) >= 11 is 0. The van der Waals surface area contributed by atoms with Gasteiger partial charge in [0.2, 0.25) is 0 Å². The lowest BCUT2D eigenvalue weighted by Gasteiger charge is -2.26. The minimum absolute atomic E-state index is 0.278. The van der Waals surface area contributed by atoms with Gasteiger partial charge in [-0.3, -0.25) is 9.58 Å². The topological polar surface area (TPSA) is 72.6 Å². The van der Waals surface area contributed by atoms with E-state index in [4.69, 9.17) is 9.47 Å². The Hall–Kier alpha value is -2.12. The zero-order valence-corrected chi connectivity index (χ0v) is 14.6. The smallest absolute Gasteiger partial charge is 0.137 e. The third-order valence-electron chi connectivity index (χ3n) is 4.39. The molecule has 1 saturated heterocycles. The van der Waals surface area contributed by atoms with Crippen LogP contribution in [0.5, 0.6) is 11.5 Å². The van der Waals surface area contributed by atoms with Crippen LogP contribution in [0, 0.1) is 0 Å². The average molecular weight is 346 g/mol. The van der Waals surface area contributed by atoms with Crippen molar-refractivity contribution in [3.63, 3.8) is 0 Å². The van der Waals surface area contributed by atoms with E-state index < -0.39 is 6.10 Å². The SMILES string of the molecule is CCOc1ccc(OCC(O)CN2CCCC2Cn2cncn2)cc1. The molecule has 3 rings (SSSR count). The molecular formula is C18H26N4O3. The van der Waals surface area contributed by atoms with Crippen molar-refractivity contribution in [2.45, 2.75) is 38.5 Å². The molecule has 2 atom stereocenters. The second-order valence-corrected chi connectivity index (χ2v) is 6.28. The van der Waals surface area contributed by atoms with Crippen LogP contribution in [-0.4, -0.2) is 63.2 Å². The van der Waals surface area contributed by atoms with Gasteiger partial charge in [0, 0.05) is 12.6 Å². The number of aromatic nitrogens is 3. The van der Waals surface area contributed by atoms with Crippen LogP contribution in [0.4, 0.5) is 0 Å². The normalized spacial score (nSPS) is 19.0. The second kappa shape index (κ2) is 8.82. The molecule has 0 spiro atoms. The summed E-state index contributed by atoms with van der Waals surface area (Å²) in [5.41, 5.74) is 0. The molecule has 1 fully saturated rings. The Kier molecular flexibility index (Phi) is 6.25.